The van der Waals surface area contributed by atoms with Gasteiger partial charge in [-0.05, 0) is 17.5 Å². The molecule has 0 fully saturated rings. The number of carboxylic acids is 1. The molecule has 1 rings (SSSR count). The fourth-order valence-corrected chi connectivity index (χ4v) is 1.45. The molecule has 1 atom stereocenters. The summed E-state index contributed by atoms with van der Waals surface area (Å²) in [5, 5.41) is 11.6. The maximum absolute atomic E-state index is 11.8. The lowest BCUT2D eigenvalue weighted by Crippen LogP contribution is -2.49. The van der Waals surface area contributed by atoms with Crippen molar-refractivity contribution in [3.8, 4) is 0 Å². The summed E-state index contributed by atoms with van der Waals surface area (Å²) in [6, 6.07) is 7.67. The molecule has 1 unspecified atom stereocenters. The number of carbonyl (C=O) groups is 2. The molecule has 1 aromatic rings. The fourth-order valence-electron chi connectivity index (χ4n) is 1.45. The van der Waals surface area contributed by atoms with Gasteiger partial charge in [0.1, 0.15) is 6.04 Å². The molecule has 4 heteroatoms. The van der Waals surface area contributed by atoms with Crippen molar-refractivity contribution in [2.24, 2.45) is 5.41 Å². The van der Waals surface area contributed by atoms with E-state index in [0.717, 1.165) is 0 Å². The molecule has 0 aliphatic carbocycles. The highest BCUT2D eigenvalue weighted by Gasteiger charge is 2.32. The molecule has 0 spiro atoms. The summed E-state index contributed by atoms with van der Waals surface area (Å²) >= 11 is 0. The quantitative estimate of drug-likeness (QED) is 0.841. The van der Waals surface area contributed by atoms with Crippen LogP contribution in [0.15, 0.2) is 30.3 Å². The molecule has 1 aromatic carbocycles. The topological polar surface area (TPSA) is 66.4 Å². The minimum Gasteiger partial charge on any atom is -0.480 e. The van der Waals surface area contributed by atoms with Crippen LogP contribution in [-0.4, -0.2) is 23.0 Å². The van der Waals surface area contributed by atoms with E-state index in [1.807, 2.05) is 0 Å². The normalized spacial score (nSPS) is 12.9. The van der Waals surface area contributed by atoms with Crippen LogP contribution in [0.1, 0.15) is 31.1 Å². The van der Waals surface area contributed by atoms with Gasteiger partial charge in [0.25, 0.3) is 5.91 Å². The van der Waals surface area contributed by atoms with Crippen molar-refractivity contribution in [1.82, 2.24) is 5.32 Å². The van der Waals surface area contributed by atoms with Gasteiger partial charge in [0, 0.05) is 5.56 Å². The van der Waals surface area contributed by atoms with Crippen molar-refractivity contribution >= 4 is 11.9 Å². The van der Waals surface area contributed by atoms with Gasteiger partial charge >= 0.3 is 5.97 Å². The van der Waals surface area contributed by atoms with Gasteiger partial charge in [-0.25, -0.2) is 4.79 Å². The van der Waals surface area contributed by atoms with Crippen LogP contribution in [0.2, 0.25) is 0 Å². The molecule has 0 aliphatic heterocycles. The Hall–Kier alpha value is -1.84. The maximum atomic E-state index is 11.8. The lowest BCUT2D eigenvalue weighted by Gasteiger charge is -2.27. The number of amides is 1. The van der Waals surface area contributed by atoms with Crippen LogP contribution < -0.4 is 5.32 Å². The fraction of sp³-hybridized carbons (Fsp3) is 0.385. The molecular weight excluding hydrogens is 218 g/mol. The summed E-state index contributed by atoms with van der Waals surface area (Å²) in [4.78, 5) is 22.9. The van der Waals surface area contributed by atoms with E-state index in [9.17, 15) is 9.59 Å². The van der Waals surface area contributed by atoms with E-state index in [4.69, 9.17) is 5.11 Å². The van der Waals surface area contributed by atoms with E-state index >= 15 is 0 Å². The van der Waals surface area contributed by atoms with Gasteiger partial charge < -0.3 is 10.4 Å². The molecule has 0 saturated heterocycles. The van der Waals surface area contributed by atoms with E-state index in [-0.39, 0.29) is 5.91 Å². The Balaban J connectivity index is 2.83. The first kappa shape index (κ1) is 13.2. The Morgan fingerprint density at radius 1 is 1.18 bits per heavy atom. The molecule has 1 amide bonds. The Morgan fingerprint density at radius 2 is 1.71 bits per heavy atom. The molecule has 0 aliphatic rings. The molecule has 92 valence electrons. The second-order valence-corrected chi connectivity index (χ2v) is 4.98. The van der Waals surface area contributed by atoms with Crippen molar-refractivity contribution in [3.63, 3.8) is 0 Å². The molecule has 0 bridgehead atoms. The molecular formula is C13H17NO3. The molecule has 4 nitrogen and oxygen atoms in total. The first-order valence-corrected chi connectivity index (χ1v) is 5.41. The second kappa shape index (κ2) is 4.99. The third-order valence-electron chi connectivity index (χ3n) is 2.42. The average molecular weight is 235 g/mol. The van der Waals surface area contributed by atoms with Gasteiger partial charge in [-0.15, -0.1) is 0 Å². The smallest absolute Gasteiger partial charge is 0.326 e. The third-order valence-corrected chi connectivity index (χ3v) is 2.42. The Labute approximate surface area is 101 Å². The number of hydrogen-bond acceptors (Lipinski definition) is 2. The summed E-state index contributed by atoms with van der Waals surface area (Å²) in [6.45, 7) is 5.32. The number of rotatable bonds is 3. The van der Waals surface area contributed by atoms with Crippen molar-refractivity contribution in [2.75, 3.05) is 0 Å². The Kier molecular flexibility index (Phi) is 3.89. The first-order chi connectivity index (χ1) is 7.82. The number of aliphatic carboxylic acids is 1. The van der Waals surface area contributed by atoms with Crippen molar-refractivity contribution in [2.45, 2.75) is 26.8 Å². The zero-order valence-corrected chi connectivity index (χ0v) is 10.2. The summed E-state index contributed by atoms with van der Waals surface area (Å²) in [7, 11) is 0. The van der Waals surface area contributed by atoms with E-state index < -0.39 is 17.4 Å². The van der Waals surface area contributed by atoms with E-state index in [1.54, 1.807) is 51.1 Å². The highest BCUT2D eigenvalue weighted by molar-refractivity contribution is 5.96. The molecule has 17 heavy (non-hydrogen) atoms. The Bertz CT molecular complexity index is 406. The van der Waals surface area contributed by atoms with Gasteiger partial charge in [-0.1, -0.05) is 39.0 Å². The van der Waals surface area contributed by atoms with Gasteiger partial charge in [0.15, 0.2) is 0 Å². The van der Waals surface area contributed by atoms with Gasteiger partial charge in [0.05, 0.1) is 0 Å². The SMILES string of the molecule is CC(C)(C)C(NC(=O)c1ccccc1)C(=O)O. The predicted octanol–water partition coefficient (Wildman–Crippen LogP) is 1.92. The van der Waals surface area contributed by atoms with Gasteiger partial charge in [-0.2, -0.15) is 0 Å². The van der Waals surface area contributed by atoms with Crippen LogP contribution in [0.25, 0.3) is 0 Å². The van der Waals surface area contributed by atoms with Crippen LogP contribution in [-0.2, 0) is 4.79 Å². The van der Waals surface area contributed by atoms with Gasteiger partial charge in [-0.3, -0.25) is 4.79 Å². The number of benzene rings is 1. The molecule has 0 saturated carbocycles. The third kappa shape index (κ3) is 3.59. The Morgan fingerprint density at radius 3 is 2.12 bits per heavy atom. The van der Waals surface area contributed by atoms with Crippen molar-refractivity contribution in [3.05, 3.63) is 35.9 Å². The van der Waals surface area contributed by atoms with Crippen LogP contribution in [0.4, 0.5) is 0 Å². The van der Waals surface area contributed by atoms with E-state index in [1.165, 1.54) is 0 Å². The number of hydrogen-bond donors (Lipinski definition) is 2. The van der Waals surface area contributed by atoms with Crippen molar-refractivity contribution < 1.29 is 14.7 Å². The van der Waals surface area contributed by atoms with E-state index in [2.05, 4.69) is 5.32 Å². The molecule has 0 radical (unpaired) electrons. The van der Waals surface area contributed by atoms with Crippen LogP contribution in [0.3, 0.4) is 0 Å². The van der Waals surface area contributed by atoms with Crippen LogP contribution in [0.5, 0.6) is 0 Å². The zero-order valence-electron chi connectivity index (χ0n) is 10.2. The predicted molar refractivity (Wildman–Crippen MR) is 64.8 cm³/mol. The number of nitrogens with one attached hydrogen (secondary N) is 1. The molecule has 2 N–H and O–H groups in total. The largest absolute Gasteiger partial charge is 0.480 e. The summed E-state index contributed by atoms with van der Waals surface area (Å²) in [5.41, 5.74) is -0.0704. The van der Waals surface area contributed by atoms with Crippen molar-refractivity contribution in [1.29, 1.82) is 0 Å². The standard InChI is InChI=1S/C13H17NO3/c1-13(2,3)10(12(16)17)14-11(15)9-7-5-4-6-8-9/h4-8,10H,1-3H3,(H,14,15)(H,16,17). The average Bonchev–Trinajstić information content (AvgIpc) is 2.24. The summed E-state index contributed by atoms with van der Waals surface area (Å²) in [6.07, 6.45) is 0. The lowest BCUT2D eigenvalue weighted by molar-refractivity contribution is -0.142. The summed E-state index contributed by atoms with van der Waals surface area (Å²) < 4.78 is 0. The van der Waals surface area contributed by atoms with Gasteiger partial charge in [0.2, 0.25) is 0 Å². The molecule has 0 heterocycles. The minimum absolute atomic E-state index is 0.368. The second-order valence-electron chi connectivity index (χ2n) is 4.98. The highest BCUT2D eigenvalue weighted by Crippen LogP contribution is 2.19. The minimum atomic E-state index is -1.03. The monoisotopic (exact) mass is 235 g/mol. The van der Waals surface area contributed by atoms with Crippen LogP contribution in [0, 0.1) is 5.41 Å². The number of carboxylic acid groups (broad SMARTS) is 1. The maximum Gasteiger partial charge on any atom is 0.326 e. The number of carbonyl (C=O) groups excluding carboxylic acids is 1. The van der Waals surface area contributed by atoms with E-state index in [0.29, 0.717) is 5.56 Å². The first-order valence-electron chi connectivity index (χ1n) is 5.41. The zero-order chi connectivity index (χ0) is 13.1. The lowest BCUT2D eigenvalue weighted by atomic mass is 9.86. The molecule has 0 aromatic heterocycles. The summed E-state index contributed by atoms with van der Waals surface area (Å²) in [5.74, 6) is -1.39. The van der Waals surface area contributed by atoms with Crippen LogP contribution >= 0.6 is 0 Å². The highest BCUT2D eigenvalue weighted by atomic mass is 16.4.